The molecule has 5 heteroatoms. The Morgan fingerprint density at radius 2 is 1.95 bits per heavy atom. The third kappa shape index (κ3) is 3.76. The van der Waals surface area contributed by atoms with Crippen LogP contribution in [0.2, 0.25) is 0 Å². The monoisotopic (exact) mass is 288 g/mol. The molecule has 0 aliphatic rings. The van der Waals surface area contributed by atoms with Crippen molar-refractivity contribution in [3.8, 4) is 0 Å². The summed E-state index contributed by atoms with van der Waals surface area (Å²) in [5.74, 6) is 0.0495. The Morgan fingerprint density at radius 3 is 2.62 bits per heavy atom. The third-order valence-corrected chi connectivity index (χ3v) is 3.47. The molecular formula is C16H24N4O. The molecule has 1 amide bonds. The number of carbonyl (C=O) groups is 1. The van der Waals surface area contributed by atoms with Gasteiger partial charge in [-0.15, -0.1) is 0 Å². The summed E-state index contributed by atoms with van der Waals surface area (Å²) in [6, 6.07) is 7.51. The lowest BCUT2D eigenvalue weighted by molar-refractivity contribution is 0.0740. The normalized spacial score (nSPS) is 11.2. The quantitative estimate of drug-likeness (QED) is 0.801. The fourth-order valence-corrected chi connectivity index (χ4v) is 2.34. The number of nitrogens with one attached hydrogen (secondary N) is 1. The van der Waals surface area contributed by atoms with Gasteiger partial charge in [0, 0.05) is 36.2 Å². The van der Waals surface area contributed by atoms with Crippen LogP contribution in [0.1, 0.15) is 23.8 Å². The highest BCUT2D eigenvalue weighted by Crippen LogP contribution is 2.19. The van der Waals surface area contributed by atoms with Crippen LogP contribution in [0.25, 0.3) is 10.9 Å². The minimum atomic E-state index is 0.0495. The van der Waals surface area contributed by atoms with E-state index in [-0.39, 0.29) is 5.91 Å². The molecule has 0 saturated carbocycles. The van der Waals surface area contributed by atoms with Gasteiger partial charge in [0.1, 0.15) is 5.69 Å². The Labute approximate surface area is 125 Å². The standard InChI is InChI=1S/C16H24N4O/c1-4-7-20(9-8-19(2)3)16(21)15-11-12-10-13(17)5-6-14(12)18-15/h5-6,10-11,18H,4,7-9,17H2,1-3H3. The molecule has 21 heavy (non-hydrogen) atoms. The zero-order valence-corrected chi connectivity index (χ0v) is 13.0. The second-order valence-corrected chi connectivity index (χ2v) is 5.63. The summed E-state index contributed by atoms with van der Waals surface area (Å²) in [5.41, 5.74) is 8.06. The minimum absolute atomic E-state index is 0.0495. The van der Waals surface area contributed by atoms with E-state index >= 15 is 0 Å². The van der Waals surface area contributed by atoms with Crippen LogP contribution in [0.15, 0.2) is 24.3 Å². The molecule has 1 aromatic carbocycles. The maximum atomic E-state index is 12.6. The molecule has 114 valence electrons. The first kappa shape index (κ1) is 15.4. The number of anilines is 1. The maximum Gasteiger partial charge on any atom is 0.270 e. The number of hydrogen-bond acceptors (Lipinski definition) is 3. The molecule has 0 spiro atoms. The Hall–Kier alpha value is -2.01. The number of nitrogen functional groups attached to an aromatic ring is 1. The molecule has 5 nitrogen and oxygen atoms in total. The topological polar surface area (TPSA) is 65.4 Å². The zero-order chi connectivity index (χ0) is 15.4. The molecule has 0 aliphatic heterocycles. The van der Waals surface area contributed by atoms with Crippen LogP contribution in [0.3, 0.4) is 0 Å². The Morgan fingerprint density at radius 1 is 1.19 bits per heavy atom. The van der Waals surface area contributed by atoms with Crippen LogP contribution in [-0.2, 0) is 0 Å². The predicted molar refractivity (Wildman–Crippen MR) is 87.5 cm³/mol. The fourth-order valence-electron chi connectivity index (χ4n) is 2.34. The predicted octanol–water partition coefficient (Wildman–Crippen LogP) is 2.16. The lowest BCUT2D eigenvalue weighted by atomic mass is 10.2. The SMILES string of the molecule is CCCN(CCN(C)C)C(=O)c1cc2cc(N)ccc2[nH]1. The van der Waals surface area contributed by atoms with Crippen LogP contribution in [-0.4, -0.2) is 54.4 Å². The van der Waals surface area contributed by atoms with Crippen molar-refractivity contribution in [2.75, 3.05) is 39.5 Å². The first-order valence-electron chi connectivity index (χ1n) is 7.33. The number of nitrogens with two attached hydrogens (primary N) is 1. The summed E-state index contributed by atoms with van der Waals surface area (Å²) in [5, 5.41) is 0.974. The Kier molecular flexibility index (Phi) is 4.85. The average Bonchev–Trinajstić information content (AvgIpc) is 2.85. The number of fused-ring (bicyclic) bond motifs is 1. The van der Waals surface area contributed by atoms with Crippen LogP contribution >= 0.6 is 0 Å². The molecule has 2 rings (SSSR count). The van der Waals surface area contributed by atoms with Gasteiger partial charge in [0.15, 0.2) is 0 Å². The average molecular weight is 288 g/mol. The summed E-state index contributed by atoms with van der Waals surface area (Å²) in [7, 11) is 4.03. The lowest BCUT2D eigenvalue weighted by Crippen LogP contribution is -2.37. The first-order valence-corrected chi connectivity index (χ1v) is 7.33. The van der Waals surface area contributed by atoms with E-state index in [9.17, 15) is 4.79 Å². The van der Waals surface area contributed by atoms with Gasteiger partial charge in [0.05, 0.1) is 0 Å². The molecule has 0 aliphatic carbocycles. The van der Waals surface area contributed by atoms with Crippen molar-refractivity contribution >= 4 is 22.5 Å². The summed E-state index contributed by atoms with van der Waals surface area (Å²) < 4.78 is 0. The zero-order valence-electron chi connectivity index (χ0n) is 13.0. The van der Waals surface area contributed by atoms with E-state index < -0.39 is 0 Å². The van der Waals surface area contributed by atoms with Gasteiger partial charge >= 0.3 is 0 Å². The van der Waals surface area contributed by atoms with Gasteiger partial charge in [-0.1, -0.05) is 6.92 Å². The molecule has 0 radical (unpaired) electrons. The summed E-state index contributed by atoms with van der Waals surface area (Å²) in [6.45, 7) is 4.45. The highest BCUT2D eigenvalue weighted by Gasteiger charge is 2.17. The van der Waals surface area contributed by atoms with Crippen molar-refractivity contribution < 1.29 is 4.79 Å². The minimum Gasteiger partial charge on any atom is -0.399 e. The van der Waals surface area contributed by atoms with Gasteiger partial charge in [-0.25, -0.2) is 0 Å². The lowest BCUT2D eigenvalue weighted by Gasteiger charge is -2.23. The third-order valence-electron chi connectivity index (χ3n) is 3.47. The van der Waals surface area contributed by atoms with Crippen molar-refractivity contribution in [1.29, 1.82) is 0 Å². The number of aromatic nitrogens is 1. The molecule has 2 aromatic rings. The molecular weight excluding hydrogens is 264 g/mol. The second kappa shape index (κ2) is 6.63. The molecule has 0 fully saturated rings. The highest BCUT2D eigenvalue weighted by molar-refractivity contribution is 5.98. The Bertz CT molecular complexity index is 618. The summed E-state index contributed by atoms with van der Waals surface area (Å²) >= 11 is 0. The van der Waals surface area contributed by atoms with E-state index in [0.29, 0.717) is 11.4 Å². The van der Waals surface area contributed by atoms with Crippen molar-refractivity contribution in [3.63, 3.8) is 0 Å². The van der Waals surface area contributed by atoms with E-state index in [1.807, 2.05) is 43.3 Å². The van der Waals surface area contributed by atoms with Gasteiger partial charge in [-0.3, -0.25) is 4.79 Å². The molecule has 1 heterocycles. The summed E-state index contributed by atoms with van der Waals surface area (Å²) in [4.78, 5) is 19.8. The van der Waals surface area contributed by atoms with E-state index in [2.05, 4.69) is 16.8 Å². The maximum absolute atomic E-state index is 12.6. The molecule has 0 bridgehead atoms. The number of likely N-dealkylation sites (N-methyl/N-ethyl adjacent to an activating group) is 1. The van der Waals surface area contributed by atoms with Crippen molar-refractivity contribution in [3.05, 3.63) is 30.0 Å². The fraction of sp³-hybridized carbons (Fsp3) is 0.438. The van der Waals surface area contributed by atoms with Crippen molar-refractivity contribution in [2.45, 2.75) is 13.3 Å². The van der Waals surface area contributed by atoms with Gasteiger partial charge in [-0.05, 0) is 44.8 Å². The number of hydrogen-bond donors (Lipinski definition) is 2. The molecule has 0 saturated heterocycles. The van der Waals surface area contributed by atoms with Gasteiger partial charge in [-0.2, -0.15) is 0 Å². The molecule has 0 unspecified atom stereocenters. The molecule has 3 N–H and O–H groups in total. The van der Waals surface area contributed by atoms with E-state index in [4.69, 9.17) is 5.73 Å². The van der Waals surface area contributed by atoms with E-state index in [1.54, 1.807) is 0 Å². The van der Waals surface area contributed by atoms with E-state index in [1.165, 1.54) is 0 Å². The van der Waals surface area contributed by atoms with Gasteiger partial charge < -0.3 is 20.5 Å². The van der Waals surface area contributed by atoms with Crippen molar-refractivity contribution in [2.24, 2.45) is 0 Å². The number of H-pyrrole nitrogens is 1. The smallest absolute Gasteiger partial charge is 0.270 e. The summed E-state index contributed by atoms with van der Waals surface area (Å²) in [6.07, 6.45) is 0.951. The highest BCUT2D eigenvalue weighted by atomic mass is 16.2. The molecule has 1 aromatic heterocycles. The largest absolute Gasteiger partial charge is 0.399 e. The van der Waals surface area contributed by atoms with E-state index in [0.717, 1.165) is 37.0 Å². The number of nitrogens with zero attached hydrogens (tertiary/aromatic N) is 2. The Balaban J connectivity index is 2.21. The number of amides is 1. The number of carbonyl (C=O) groups excluding carboxylic acids is 1. The number of aromatic amines is 1. The van der Waals surface area contributed by atoms with Gasteiger partial charge in [0.25, 0.3) is 5.91 Å². The van der Waals surface area contributed by atoms with Crippen LogP contribution < -0.4 is 5.73 Å². The molecule has 0 atom stereocenters. The van der Waals surface area contributed by atoms with Crippen LogP contribution in [0.4, 0.5) is 5.69 Å². The van der Waals surface area contributed by atoms with Gasteiger partial charge in [0.2, 0.25) is 0 Å². The van der Waals surface area contributed by atoms with Crippen LogP contribution in [0.5, 0.6) is 0 Å². The number of rotatable bonds is 6. The number of benzene rings is 1. The van der Waals surface area contributed by atoms with Crippen LogP contribution in [0, 0.1) is 0 Å². The van der Waals surface area contributed by atoms with Crippen molar-refractivity contribution in [1.82, 2.24) is 14.8 Å². The first-order chi connectivity index (χ1) is 10.0. The second-order valence-electron chi connectivity index (χ2n) is 5.63.